The van der Waals surface area contributed by atoms with Gasteiger partial charge in [0.05, 0.1) is 0 Å². The first kappa shape index (κ1) is 18.4. The second-order valence-electron chi connectivity index (χ2n) is 7.12. The molecule has 0 aliphatic heterocycles. The number of ketones is 1. The molecule has 0 radical (unpaired) electrons. The minimum absolute atomic E-state index is 0.146. The first-order valence-corrected chi connectivity index (χ1v) is 9.03. The molecule has 0 heterocycles. The van der Waals surface area contributed by atoms with E-state index in [9.17, 15) is 4.79 Å². The SMILES string of the molecule is C=C(C=CC(C)=CC)C1CCC(c2ccc(C(C)=O)cc2C)CC1. The number of rotatable bonds is 5. The third kappa shape index (κ3) is 4.56. The van der Waals surface area contributed by atoms with Crippen LogP contribution in [0, 0.1) is 12.8 Å². The highest BCUT2D eigenvalue weighted by Crippen LogP contribution is 2.39. The van der Waals surface area contributed by atoms with E-state index in [1.54, 1.807) is 6.92 Å². The van der Waals surface area contributed by atoms with Gasteiger partial charge in [-0.1, -0.05) is 48.1 Å². The summed E-state index contributed by atoms with van der Waals surface area (Å²) in [4.78, 5) is 11.5. The molecule has 0 bridgehead atoms. The number of hydrogen-bond acceptors (Lipinski definition) is 1. The largest absolute Gasteiger partial charge is 0.295 e. The molecule has 1 heteroatoms. The van der Waals surface area contributed by atoms with Crippen molar-refractivity contribution in [3.8, 4) is 0 Å². The Kier molecular flexibility index (Phi) is 6.36. The maximum atomic E-state index is 11.5. The summed E-state index contributed by atoms with van der Waals surface area (Å²) in [5, 5.41) is 0. The van der Waals surface area contributed by atoms with Gasteiger partial charge in [-0.2, -0.15) is 0 Å². The summed E-state index contributed by atoms with van der Waals surface area (Å²) in [5.41, 5.74) is 6.05. The molecule has 1 aliphatic carbocycles. The van der Waals surface area contributed by atoms with E-state index in [1.165, 1.54) is 48.0 Å². The van der Waals surface area contributed by atoms with Crippen molar-refractivity contribution < 1.29 is 4.79 Å². The number of hydrogen-bond donors (Lipinski definition) is 0. The van der Waals surface area contributed by atoms with Crippen molar-refractivity contribution in [1.29, 1.82) is 0 Å². The standard InChI is InChI=1S/C23H30O/c1-6-16(2)7-8-17(3)20-9-11-21(12-10-20)23-14-13-22(19(5)24)15-18(23)4/h6-8,13-15,20-21H,3,9-12H2,1-2,4-5H3. The van der Waals surface area contributed by atoms with Crippen molar-refractivity contribution in [2.45, 2.75) is 59.3 Å². The fourth-order valence-corrected chi connectivity index (χ4v) is 3.60. The number of carbonyl (C=O) groups is 1. The van der Waals surface area contributed by atoms with Gasteiger partial charge in [-0.3, -0.25) is 4.79 Å². The number of aryl methyl sites for hydroxylation is 1. The normalized spacial score (nSPS) is 21.9. The van der Waals surface area contributed by atoms with Crippen molar-refractivity contribution in [3.05, 3.63) is 70.8 Å². The fraction of sp³-hybridized carbons (Fsp3) is 0.435. The molecule has 2 rings (SSSR count). The molecule has 128 valence electrons. The van der Waals surface area contributed by atoms with Gasteiger partial charge in [0.2, 0.25) is 0 Å². The molecule has 0 saturated heterocycles. The maximum Gasteiger partial charge on any atom is 0.159 e. The van der Waals surface area contributed by atoms with Crippen molar-refractivity contribution in [1.82, 2.24) is 0 Å². The van der Waals surface area contributed by atoms with Crippen LogP contribution in [0.25, 0.3) is 0 Å². The minimum Gasteiger partial charge on any atom is -0.295 e. The zero-order chi connectivity index (χ0) is 17.7. The Morgan fingerprint density at radius 1 is 1.12 bits per heavy atom. The fourth-order valence-electron chi connectivity index (χ4n) is 3.60. The second-order valence-corrected chi connectivity index (χ2v) is 7.12. The number of allylic oxidation sites excluding steroid dienone is 5. The van der Waals surface area contributed by atoms with Crippen LogP contribution in [0.4, 0.5) is 0 Å². The third-order valence-corrected chi connectivity index (χ3v) is 5.38. The van der Waals surface area contributed by atoms with Gasteiger partial charge in [0.1, 0.15) is 0 Å². The molecular weight excluding hydrogens is 292 g/mol. The molecule has 0 amide bonds. The molecule has 1 saturated carbocycles. The molecule has 24 heavy (non-hydrogen) atoms. The average molecular weight is 322 g/mol. The summed E-state index contributed by atoms with van der Waals surface area (Å²) in [5.74, 6) is 1.38. The Morgan fingerprint density at radius 2 is 1.79 bits per heavy atom. The van der Waals surface area contributed by atoms with Crippen molar-refractivity contribution in [2.75, 3.05) is 0 Å². The molecule has 1 fully saturated rings. The molecule has 0 spiro atoms. The Bertz CT molecular complexity index is 667. The average Bonchev–Trinajstić information content (AvgIpc) is 2.59. The van der Waals surface area contributed by atoms with E-state index in [0.29, 0.717) is 11.8 Å². The van der Waals surface area contributed by atoms with Gasteiger partial charge >= 0.3 is 0 Å². The Hall–Kier alpha value is -1.89. The van der Waals surface area contributed by atoms with E-state index in [2.05, 4.69) is 51.6 Å². The Balaban J connectivity index is 1.99. The summed E-state index contributed by atoms with van der Waals surface area (Å²) in [7, 11) is 0. The van der Waals surface area contributed by atoms with Gasteiger partial charge in [-0.25, -0.2) is 0 Å². The zero-order valence-corrected chi connectivity index (χ0v) is 15.6. The summed E-state index contributed by atoms with van der Waals surface area (Å²) in [6, 6.07) is 6.20. The molecule has 0 atom stereocenters. The van der Waals surface area contributed by atoms with E-state index in [4.69, 9.17) is 0 Å². The van der Waals surface area contributed by atoms with Crippen molar-refractivity contribution in [3.63, 3.8) is 0 Å². The topological polar surface area (TPSA) is 17.1 Å². The molecule has 1 aromatic rings. The Labute approximate surface area is 147 Å². The predicted molar refractivity (Wildman–Crippen MR) is 104 cm³/mol. The summed E-state index contributed by atoms with van der Waals surface area (Å²) < 4.78 is 0. The van der Waals surface area contributed by atoms with Crippen LogP contribution in [-0.4, -0.2) is 5.78 Å². The molecule has 0 unspecified atom stereocenters. The first-order valence-electron chi connectivity index (χ1n) is 9.03. The van der Waals surface area contributed by atoms with Crippen LogP contribution in [0.15, 0.2) is 54.2 Å². The van der Waals surface area contributed by atoms with Crippen LogP contribution in [0.3, 0.4) is 0 Å². The number of carbonyl (C=O) groups excluding carboxylic acids is 1. The van der Waals surface area contributed by atoms with Gasteiger partial charge in [0, 0.05) is 5.56 Å². The van der Waals surface area contributed by atoms with Gasteiger partial charge in [0.15, 0.2) is 5.78 Å². The summed E-state index contributed by atoms with van der Waals surface area (Å²) in [6.07, 6.45) is 11.3. The molecule has 0 N–H and O–H groups in total. The van der Waals surface area contributed by atoms with Crippen molar-refractivity contribution >= 4 is 5.78 Å². The van der Waals surface area contributed by atoms with E-state index in [0.717, 1.165) is 5.56 Å². The van der Waals surface area contributed by atoms with Gasteiger partial charge < -0.3 is 0 Å². The van der Waals surface area contributed by atoms with E-state index >= 15 is 0 Å². The van der Waals surface area contributed by atoms with E-state index in [1.807, 2.05) is 12.1 Å². The lowest BCUT2D eigenvalue weighted by atomic mass is 9.75. The van der Waals surface area contributed by atoms with Crippen LogP contribution in [-0.2, 0) is 0 Å². The molecule has 0 aromatic heterocycles. The summed E-state index contributed by atoms with van der Waals surface area (Å²) in [6.45, 7) is 12.2. The molecule has 1 aromatic carbocycles. The van der Waals surface area contributed by atoms with Crippen LogP contribution < -0.4 is 0 Å². The van der Waals surface area contributed by atoms with E-state index in [-0.39, 0.29) is 5.78 Å². The third-order valence-electron chi connectivity index (χ3n) is 5.38. The lowest BCUT2D eigenvalue weighted by Gasteiger charge is -2.30. The highest BCUT2D eigenvalue weighted by atomic mass is 16.1. The lowest BCUT2D eigenvalue weighted by Crippen LogP contribution is -2.15. The quantitative estimate of drug-likeness (QED) is 0.444. The first-order chi connectivity index (χ1) is 11.4. The highest BCUT2D eigenvalue weighted by molar-refractivity contribution is 5.94. The number of benzene rings is 1. The minimum atomic E-state index is 0.146. The predicted octanol–water partition coefficient (Wildman–Crippen LogP) is 6.55. The molecule has 1 nitrogen and oxygen atoms in total. The maximum absolute atomic E-state index is 11.5. The van der Waals surface area contributed by atoms with Gasteiger partial charge in [-0.05, 0) is 82.4 Å². The van der Waals surface area contributed by atoms with Crippen LogP contribution in [0.5, 0.6) is 0 Å². The Morgan fingerprint density at radius 3 is 2.33 bits per heavy atom. The van der Waals surface area contributed by atoms with Crippen LogP contribution in [0.1, 0.15) is 73.9 Å². The highest BCUT2D eigenvalue weighted by Gasteiger charge is 2.24. The number of Topliss-reactive ketones (excluding diaryl/α,β-unsaturated/α-hetero) is 1. The monoisotopic (exact) mass is 322 g/mol. The van der Waals surface area contributed by atoms with Crippen molar-refractivity contribution in [2.24, 2.45) is 5.92 Å². The summed E-state index contributed by atoms with van der Waals surface area (Å²) >= 11 is 0. The molecular formula is C23H30O. The zero-order valence-electron chi connectivity index (χ0n) is 15.6. The smallest absolute Gasteiger partial charge is 0.159 e. The van der Waals surface area contributed by atoms with Gasteiger partial charge in [0.25, 0.3) is 0 Å². The van der Waals surface area contributed by atoms with E-state index < -0.39 is 0 Å². The van der Waals surface area contributed by atoms with Crippen LogP contribution >= 0.6 is 0 Å². The van der Waals surface area contributed by atoms with Gasteiger partial charge in [-0.15, -0.1) is 0 Å². The second kappa shape index (κ2) is 8.28. The lowest BCUT2D eigenvalue weighted by molar-refractivity contribution is 0.101. The van der Waals surface area contributed by atoms with Crippen LogP contribution in [0.2, 0.25) is 0 Å². The molecule has 1 aliphatic rings.